The Morgan fingerprint density at radius 3 is 2.88 bits per heavy atom. The first-order valence-corrected chi connectivity index (χ1v) is 9.56. The molecule has 1 saturated heterocycles. The Morgan fingerprint density at radius 1 is 1.25 bits per heavy atom. The number of aryl methyl sites for hydroxylation is 1. The molecule has 1 fully saturated rings. The van der Waals surface area contributed by atoms with E-state index in [2.05, 4.69) is 14.5 Å². The van der Waals surface area contributed by atoms with Crippen LogP contribution in [0.25, 0.3) is 21.9 Å². The summed E-state index contributed by atoms with van der Waals surface area (Å²) in [4.78, 5) is 11.0. The van der Waals surface area contributed by atoms with Gasteiger partial charge in [-0.2, -0.15) is 8.42 Å². The van der Waals surface area contributed by atoms with Gasteiger partial charge in [0.25, 0.3) is 10.1 Å². The van der Waals surface area contributed by atoms with Crippen molar-refractivity contribution in [3.8, 4) is 0 Å². The van der Waals surface area contributed by atoms with Crippen molar-refractivity contribution in [2.24, 2.45) is 7.05 Å². The number of fused-ring (bicyclic) bond motifs is 3. The molecule has 3 aromatic heterocycles. The van der Waals surface area contributed by atoms with Crippen molar-refractivity contribution in [1.29, 1.82) is 0 Å². The van der Waals surface area contributed by atoms with Gasteiger partial charge in [-0.1, -0.05) is 0 Å². The van der Waals surface area contributed by atoms with Crippen LogP contribution in [0.15, 0.2) is 30.6 Å². The van der Waals surface area contributed by atoms with Crippen LogP contribution in [0.3, 0.4) is 0 Å². The molecule has 1 aliphatic rings. The predicted octanol–water partition coefficient (Wildman–Crippen LogP) is 1.68. The molecule has 0 amide bonds. The minimum absolute atomic E-state index is 0.311. The van der Waals surface area contributed by atoms with Gasteiger partial charge in [-0.25, -0.2) is 4.98 Å². The van der Waals surface area contributed by atoms with Gasteiger partial charge in [0.1, 0.15) is 11.5 Å². The molecule has 4 rings (SSSR count). The van der Waals surface area contributed by atoms with E-state index in [0.717, 1.165) is 40.6 Å². The molecule has 1 aliphatic heterocycles. The maximum Gasteiger partial charge on any atom is 0.264 e. The second-order valence-electron chi connectivity index (χ2n) is 6.15. The first-order chi connectivity index (χ1) is 11.4. The molecule has 0 N–H and O–H groups in total. The fourth-order valence-corrected chi connectivity index (χ4v) is 4.00. The SMILES string of the molecule is Cn1c2ccncc2c2ccc(N3CCC(OS(C)(=O)=O)C3)nc21. The monoisotopic (exact) mass is 346 g/mol. The first kappa shape index (κ1) is 15.3. The van der Waals surface area contributed by atoms with Gasteiger partial charge in [-0.15, -0.1) is 0 Å². The molecule has 0 spiro atoms. The van der Waals surface area contributed by atoms with E-state index in [1.54, 1.807) is 6.20 Å². The van der Waals surface area contributed by atoms with E-state index < -0.39 is 10.1 Å². The van der Waals surface area contributed by atoms with Crippen LogP contribution in [-0.2, 0) is 21.3 Å². The zero-order valence-corrected chi connectivity index (χ0v) is 14.3. The van der Waals surface area contributed by atoms with Crippen LogP contribution in [0.1, 0.15) is 6.42 Å². The van der Waals surface area contributed by atoms with Crippen molar-refractivity contribution in [3.05, 3.63) is 30.6 Å². The van der Waals surface area contributed by atoms with Crippen LogP contribution in [-0.4, -0.2) is 48.4 Å². The number of aromatic nitrogens is 3. The minimum Gasteiger partial charge on any atom is -0.354 e. The number of nitrogens with zero attached hydrogens (tertiary/aromatic N) is 4. The zero-order valence-electron chi connectivity index (χ0n) is 13.5. The molecule has 0 saturated carbocycles. The number of hydrogen-bond acceptors (Lipinski definition) is 6. The molecule has 0 bridgehead atoms. The molecule has 0 aliphatic carbocycles. The third-order valence-electron chi connectivity index (χ3n) is 4.41. The van der Waals surface area contributed by atoms with E-state index in [0.29, 0.717) is 13.0 Å². The molecule has 3 aromatic rings. The third kappa shape index (κ3) is 2.61. The van der Waals surface area contributed by atoms with Crippen LogP contribution in [0.4, 0.5) is 5.82 Å². The fourth-order valence-electron chi connectivity index (χ4n) is 3.34. The lowest BCUT2D eigenvalue weighted by atomic mass is 10.2. The van der Waals surface area contributed by atoms with E-state index in [1.807, 2.05) is 31.4 Å². The second-order valence-corrected chi connectivity index (χ2v) is 7.75. The molecular weight excluding hydrogens is 328 g/mol. The highest BCUT2D eigenvalue weighted by atomic mass is 32.2. The van der Waals surface area contributed by atoms with Crippen molar-refractivity contribution >= 4 is 37.9 Å². The lowest BCUT2D eigenvalue weighted by molar-refractivity contribution is 0.234. The van der Waals surface area contributed by atoms with Crippen molar-refractivity contribution < 1.29 is 12.6 Å². The Bertz CT molecular complexity index is 1030. The summed E-state index contributed by atoms with van der Waals surface area (Å²) in [6, 6.07) is 5.99. The van der Waals surface area contributed by atoms with Gasteiger partial charge >= 0.3 is 0 Å². The summed E-state index contributed by atoms with van der Waals surface area (Å²) in [6.45, 7) is 1.25. The highest BCUT2D eigenvalue weighted by molar-refractivity contribution is 7.86. The summed E-state index contributed by atoms with van der Waals surface area (Å²) >= 11 is 0. The highest BCUT2D eigenvalue weighted by Gasteiger charge is 2.27. The Hall–Kier alpha value is -2.19. The lowest BCUT2D eigenvalue weighted by Gasteiger charge is -2.17. The average Bonchev–Trinajstić information content (AvgIpc) is 3.10. The molecule has 0 radical (unpaired) electrons. The van der Waals surface area contributed by atoms with E-state index in [1.165, 1.54) is 0 Å². The quantitative estimate of drug-likeness (QED) is 0.672. The minimum atomic E-state index is -3.43. The molecule has 24 heavy (non-hydrogen) atoms. The van der Waals surface area contributed by atoms with Gasteiger partial charge in [0, 0.05) is 43.3 Å². The molecule has 7 nitrogen and oxygen atoms in total. The predicted molar refractivity (Wildman–Crippen MR) is 92.6 cm³/mol. The van der Waals surface area contributed by atoms with Crippen LogP contribution in [0.2, 0.25) is 0 Å². The number of anilines is 1. The van der Waals surface area contributed by atoms with Crippen LogP contribution in [0, 0.1) is 0 Å². The molecular formula is C16H18N4O3S. The van der Waals surface area contributed by atoms with E-state index >= 15 is 0 Å². The molecule has 1 atom stereocenters. The number of hydrogen-bond donors (Lipinski definition) is 0. The van der Waals surface area contributed by atoms with E-state index in [-0.39, 0.29) is 6.10 Å². The summed E-state index contributed by atoms with van der Waals surface area (Å²) in [7, 11) is -1.44. The van der Waals surface area contributed by atoms with Gasteiger partial charge in [-0.3, -0.25) is 9.17 Å². The van der Waals surface area contributed by atoms with Crippen molar-refractivity contribution in [2.45, 2.75) is 12.5 Å². The number of pyridine rings is 2. The molecule has 1 unspecified atom stereocenters. The van der Waals surface area contributed by atoms with Crippen LogP contribution < -0.4 is 4.90 Å². The molecule has 4 heterocycles. The summed E-state index contributed by atoms with van der Waals surface area (Å²) in [5.41, 5.74) is 1.98. The molecule has 0 aromatic carbocycles. The second kappa shape index (κ2) is 5.42. The summed E-state index contributed by atoms with van der Waals surface area (Å²) in [6.07, 6.45) is 5.07. The topological polar surface area (TPSA) is 77.3 Å². The smallest absolute Gasteiger partial charge is 0.264 e. The first-order valence-electron chi connectivity index (χ1n) is 7.75. The highest BCUT2D eigenvalue weighted by Crippen LogP contribution is 2.29. The van der Waals surface area contributed by atoms with Crippen molar-refractivity contribution in [2.75, 3.05) is 24.2 Å². The summed E-state index contributed by atoms with van der Waals surface area (Å²) in [5, 5.41) is 2.14. The van der Waals surface area contributed by atoms with Gasteiger partial charge < -0.3 is 9.47 Å². The Labute approximate surface area is 140 Å². The van der Waals surface area contributed by atoms with Gasteiger partial charge in [-0.05, 0) is 24.6 Å². The summed E-state index contributed by atoms with van der Waals surface area (Å²) in [5.74, 6) is 0.834. The fraction of sp³-hybridized carbons (Fsp3) is 0.375. The van der Waals surface area contributed by atoms with Crippen molar-refractivity contribution in [1.82, 2.24) is 14.5 Å². The maximum atomic E-state index is 11.3. The lowest BCUT2D eigenvalue weighted by Crippen LogP contribution is -2.25. The standard InChI is InChI=1S/C16H18N4O3S/c1-19-14-5-7-17-9-13(14)12-3-4-15(18-16(12)19)20-8-6-11(10-20)23-24(2,21)22/h3-5,7,9,11H,6,8,10H2,1-2H3. The zero-order chi connectivity index (χ0) is 16.9. The molecule has 8 heteroatoms. The maximum absolute atomic E-state index is 11.3. The van der Waals surface area contributed by atoms with Crippen molar-refractivity contribution in [3.63, 3.8) is 0 Å². The Morgan fingerprint density at radius 2 is 2.08 bits per heavy atom. The Balaban J connectivity index is 1.69. The average molecular weight is 346 g/mol. The number of rotatable bonds is 3. The Kier molecular flexibility index (Phi) is 3.47. The van der Waals surface area contributed by atoms with Gasteiger partial charge in [0.2, 0.25) is 0 Å². The van der Waals surface area contributed by atoms with Crippen LogP contribution >= 0.6 is 0 Å². The molecule has 126 valence electrons. The third-order valence-corrected chi connectivity index (χ3v) is 5.03. The van der Waals surface area contributed by atoms with Gasteiger partial charge in [0.05, 0.1) is 17.9 Å². The van der Waals surface area contributed by atoms with E-state index in [9.17, 15) is 8.42 Å². The largest absolute Gasteiger partial charge is 0.354 e. The van der Waals surface area contributed by atoms with Gasteiger partial charge in [0.15, 0.2) is 0 Å². The summed E-state index contributed by atoms with van der Waals surface area (Å²) < 4.78 is 29.7. The van der Waals surface area contributed by atoms with E-state index in [4.69, 9.17) is 9.17 Å². The van der Waals surface area contributed by atoms with Crippen LogP contribution in [0.5, 0.6) is 0 Å². The normalized spacial score (nSPS) is 18.8.